The van der Waals surface area contributed by atoms with E-state index in [0.29, 0.717) is 47.7 Å². The van der Waals surface area contributed by atoms with Gasteiger partial charge >= 0.3 is 0 Å². The molecule has 190 valence electrons. The molecular formula is C23H31ClN6O4S. The third-order valence-corrected chi connectivity index (χ3v) is 7.30. The molecule has 3 atom stereocenters. The zero-order chi connectivity index (χ0) is 24.9. The van der Waals surface area contributed by atoms with Crippen LogP contribution in [0.15, 0.2) is 18.3 Å². The Morgan fingerprint density at radius 3 is 2.86 bits per heavy atom. The Kier molecular flexibility index (Phi) is 8.42. The third-order valence-electron chi connectivity index (χ3n) is 6.61. The maximum atomic E-state index is 12.5. The van der Waals surface area contributed by atoms with Gasteiger partial charge in [-0.15, -0.1) is 0 Å². The second-order valence-electron chi connectivity index (χ2n) is 8.69. The normalized spacial score (nSPS) is 20.8. The van der Waals surface area contributed by atoms with Crippen molar-refractivity contribution in [2.75, 3.05) is 35.7 Å². The highest BCUT2D eigenvalue weighted by atomic mass is 35.5. The minimum atomic E-state index is -2.04. The van der Waals surface area contributed by atoms with Gasteiger partial charge in [-0.3, -0.25) is 9.35 Å². The molecule has 2 aliphatic rings. The predicted octanol–water partition coefficient (Wildman–Crippen LogP) is 3.88. The van der Waals surface area contributed by atoms with E-state index in [1.807, 2.05) is 19.1 Å². The van der Waals surface area contributed by atoms with Crippen LogP contribution in [0, 0.1) is 5.92 Å². The number of rotatable bonds is 9. The molecule has 1 saturated carbocycles. The molecule has 2 heterocycles. The zero-order valence-electron chi connectivity index (χ0n) is 19.8. The van der Waals surface area contributed by atoms with Gasteiger partial charge in [-0.25, -0.2) is 13.9 Å². The first kappa shape index (κ1) is 25.6. The maximum absolute atomic E-state index is 12.5. The first-order valence-corrected chi connectivity index (χ1v) is 13.3. The summed E-state index contributed by atoms with van der Waals surface area (Å²) in [5.74, 6) is 1.83. The van der Waals surface area contributed by atoms with Gasteiger partial charge in [0.15, 0.2) is 5.82 Å². The van der Waals surface area contributed by atoms with Gasteiger partial charge < -0.3 is 20.3 Å². The molecule has 3 unspecified atom stereocenters. The van der Waals surface area contributed by atoms with Crippen molar-refractivity contribution in [2.24, 2.45) is 5.92 Å². The van der Waals surface area contributed by atoms with E-state index in [4.69, 9.17) is 20.9 Å². The fraction of sp³-hybridized carbons (Fsp3) is 0.522. The van der Waals surface area contributed by atoms with E-state index >= 15 is 0 Å². The van der Waals surface area contributed by atoms with Gasteiger partial charge in [0.2, 0.25) is 23.1 Å². The van der Waals surface area contributed by atoms with E-state index in [-0.39, 0.29) is 17.9 Å². The molecule has 0 spiro atoms. The number of nitrogens with zero attached hydrogens (tertiary/aromatic N) is 3. The Hall–Kier alpha value is -2.47. The van der Waals surface area contributed by atoms with E-state index in [1.165, 1.54) is 6.20 Å². The van der Waals surface area contributed by atoms with E-state index in [9.17, 15) is 9.00 Å². The fourth-order valence-corrected chi connectivity index (χ4v) is 5.45. The first-order valence-electron chi connectivity index (χ1n) is 11.8. The van der Waals surface area contributed by atoms with E-state index in [1.54, 1.807) is 12.0 Å². The Balaban J connectivity index is 1.56. The lowest BCUT2D eigenvalue weighted by Gasteiger charge is -2.24. The van der Waals surface area contributed by atoms with Gasteiger partial charge in [0.1, 0.15) is 10.8 Å². The molecule has 1 amide bonds. The molecule has 10 nitrogen and oxygen atoms in total. The molecule has 0 saturated heterocycles. The predicted molar refractivity (Wildman–Crippen MR) is 138 cm³/mol. The van der Waals surface area contributed by atoms with Gasteiger partial charge in [-0.2, -0.15) is 4.98 Å². The molecular weight excluding hydrogens is 492 g/mol. The molecule has 1 aliphatic carbocycles. The minimum Gasteiger partial charge on any atom is -0.494 e. The van der Waals surface area contributed by atoms with Crippen molar-refractivity contribution in [2.45, 2.75) is 51.5 Å². The van der Waals surface area contributed by atoms with Crippen LogP contribution < -0.4 is 25.0 Å². The summed E-state index contributed by atoms with van der Waals surface area (Å²) in [6, 6.07) is 3.88. The number of nitrogens with one attached hydrogen (secondary N) is 3. The van der Waals surface area contributed by atoms with Crippen molar-refractivity contribution in [3.8, 4) is 5.75 Å². The summed E-state index contributed by atoms with van der Waals surface area (Å²) in [5, 5.41) is 7.04. The standard InChI is InChI=1S/C23H31ClN6O4S/c1-3-30-19-11-10-18(21(34-2)15(19)7-5-9-20(30)31)28-23-25-13-16(24)22(29-23)27-17-8-4-6-14(17)12-26-35(32)33/h10-11,13-14,17,26H,3-9,12H2,1-2H3,(H,32,33)(H2,25,27,28,29). The molecule has 0 radical (unpaired) electrons. The van der Waals surface area contributed by atoms with E-state index < -0.39 is 11.3 Å². The highest BCUT2D eigenvalue weighted by molar-refractivity contribution is 7.77. The molecule has 1 aromatic heterocycles. The molecule has 4 N–H and O–H groups in total. The van der Waals surface area contributed by atoms with Gasteiger partial charge in [-0.05, 0) is 50.7 Å². The van der Waals surface area contributed by atoms with Crippen LogP contribution in [-0.4, -0.2) is 50.9 Å². The molecule has 35 heavy (non-hydrogen) atoms. The summed E-state index contributed by atoms with van der Waals surface area (Å²) in [6.07, 6.45) is 6.42. The molecule has 0 bridgehead atoms. The zero-order valence-corrected chi connectivity index (χ0v) is 21.4. The van der Waals surface area contributed by atoms with E-state index in [0.717, 1.165) is 43.4 Å². The fourth-order valence-electron chi connectivity index (χ4n) is 4.95. The van der Waals surface area contributed by atoms with Gasteiger partial charge in [0, 0.05) is 31.1 Å². The average molecular weight is 523 g/mol. The van der Waals surface area contributed by atoms with Gasteiger partial charge in [0.25, 0.3) is 0 Å². The first-order chi connectivity index (χ1) is 16.9. The lowest BCUT2D eigenvalue weighted by molar-refractivity contribution is -0.118. The molecule has 1 aromatic carbocycles. The number of hydrogen-bond donors (Lipinski definition) is 4. The highest BCUT2D eigenvalue weighted by Gasteiger charge is 2.29. The summed E-state index contributed by atoms with van der Waals surface area (Å²) < 4.78 is 28.4. The van der Waals surface area contributed by atoms with Crippen LogP contribution in [0.1, 0.15) is 44.6 Å². The largest absolute Gasteiger partial charge is 0.494 e. The number of hydrogen-bond acceptors (Lipinski definition) is 7. The molecule has 4 rings (SSSR count). The number of ether oxygens (including phenoxy) is 1. The van der Waals surface area contributed by atoms with Crippen LogP contribution in [0.5, 0.6) is 5.75 Å². The number of aromatic nitrogens is 2. The molecule has 1 fully saturated rings. The lowest BCUT2D eigenvalue weighted by atomic mass is 10.0. The summed E-state index contributed by atoms with van der Waals surface area (Å²) in [6.45, 7) is 3.00. The number of carbonyl (C=O) groups excluding carboxylic acids is 1. The van der Waals surface area contributed by atoms with Crippen molar-refractivity contribution in [3.63, 3.8) is 0 Å². The number of carbonyl (C=O) groups is 1. The average Bonchev–Trinajstić information content (AvgIpc) is 3.21. The quantitative estimate of drug-likeness (QED) is 0.365. The SMILES string of the molecule is CCN1C(=O)CCCc2c1ccc(Nc1ncc(Cl)c(NC3CCCC3CNS(=O)O)n1)c2OC. The second-order valence-corrected chi connectivity index (χ2v) is 9.88. The van der Waals surface area contributed by atoms with Crippen molar-refractivity contribution in [1.29, 1.82) is 0 Å². The van der Waals surface area contributed by atoms with Gasteiger partial charge in [-0.1, -0.05) is 18.0 Å². The number of fused-ring (bicyclic) bond motifs is 1. The van der Waals surface area contributed by atoms with Crippen LogP contribution in [0.2, 0.25) is 5.02 Å². The summed E-state index contributed by atoms with van der Waals surface area (Å²) in [7, 11) is 1.62. The monoisotopic (exact) mass is 522 g/mol. The molecule has 12 heteroatoms. The van der Waals surface area contributed by atoms with Crippen LogP contribution in [-0.2, 0) is 22.5 Å². The highest BCUT2D eigenvalue weighted by Crippen LogP contribution is 2.40. The van der Waals surface area contributed by atoms with E-state index in [2.05, 4.69) is 25.3 Å². The third kappa shape index (κ3) is 5.85. The Labute approximate surface area is 212 Å². The van der Waals surface area contributed by atoms with Gasteiger partial charge in [0.05, 0.1) is 24.7 Å². The lowest BCUT2D eigenvalue weighted by Crippen LogP contribution is -2.33. The van der Waals surface area contributed by atoms with Crippen LogP contribution in [0.3, 0.4) is 0 Å². The topological polar surface area (TPSA) is 129 Å². The summed E-state index contributed by atoms with van der Waals surface area (Å²) in [5.41, 5.74) is 2.57. The van der Waals surface area contributed by atoms with Crippen LogP contribution in [0.4, 0.5) is 23.1 Å². The van der Waals surface area contributed by atoms with Crippen LogP contribution >= 0.6 is 11.6 Å². The number of anilines is 4. The van der Waals surface area contributed by atoms with Crippen molar-refractivity contribution in [1.82, 2.24) is 14.7 Å². The Bertz CT molecular complexity index is 1100. The summed E-state index contributed by atoms with van der Waals surface area (Å²) >= 11 is 4.35. The smallest absolute Gasteiger partial charge is 0.231 e. The number of halogens is 1. The molecule has 2 aromatic rings. The minimum absolute atomic E-state index is 0.0749. The van der Waals surface area contributed by atoms with Crippen LogP contribution in [0.25, 0.3) is 0 Å². The van der Waals surface area contributed by atoms with Crippen molar-refractivity contribution < 1.29 is 18.3 Å². The number of methoxy groups -OCH3 is 1. The number of benzene rings is 1. The Morgan fingerprint density at radius 2 is 2.11 bits per heavy atom. The number of amides is 1. The molecule has 1 aliphatic heterocycles. The summed E-state index contributed by atoms with van der Waals surface area (Å²) in [4.78, 5) is 23.2. The second kappa shape index (κ2) is 11.5. The van der Waals surface area contributed by atoms with Crippen molar-refractivity contribution in [3.05, 3.63) is 28.9 Å². The maximum Gasteiger partial charge on any atom is 0.231 e. The Morgan fingerprint density at radius 1 is 1.29 bits per heavy atom. The van der Waals surface area contributed by atoms with Crippen molar-refractivity contribution >= 4 is 51.9 Å².